The number of thiophene rings is 1. The van der Waals surface area contributed by atoms with Crippen LogP contribution in [0.4, 0.5) is 5.69 Å². The molecule has 5 nitrogen and oxygen atoms in total. The summed E-state index contributed by atoms with van der Waals surface area (Å²) in [5.74, 6) is -0.862. The maximum absolute atomic E-state index is 12.5. The van der Waals surface area contributed by atoms with Gasteiger partial charge in [0.1, 0.15) is 5.56 Å². The number of aromatic hydroxyl groups is 1. The highest BCUT2D eigenvalue weighted by Crippen LogP contribution is 2.31. The number of nitrogens with zero attached hydrogens (tertiary/aromatic N) is 1. The fourth-order valence-electron chi connectivity index (χ4n) is 2.39. The second kappa shape index (κ2) is 5.65. The van der Waals surface area contributed by atoms with Crippen LogP contribution in [0.3, 0.4) is 0 Å². The molecular weight excluding hydrogens is 300 g/mol. The number of carbonyl (C=O) groups is 1. The summed E-state index contributed by atoms with van der Waals surface area (Å²) in [6.45, 7) is 2.26. The summed E-state index contributed by atoms with van der Waals surface area (Å²) in [7, 11) is 0. The Bertz CT molecular complexity index is 897. The van der Waals surface area contributed by atoms with E-state index < -0.39 is 11.5 Å². The van der Waals surface area contributed by atoms with Crippen LogP contribution >= 0.6 is 11.3 Å². The van der Waals surface area contributed by atoms with Crippen LogP contribution in [0.25, 0.3) is 10.2 Å². The third kappa shape index (κ3) is 2.27. The number of nitrogens with one attached hydrogen (secondary N) is 1. The van der Waals surface area contributed by atoms with Gasteiger partial charge in [-0.15, -0.1) is 11.3 Å². The van der Waals surface area contributed by atoms with E-state index in [4.69, 9.17) is 0 Å². The maximum atomic E-state index is 12.5. The Kier molecular flexibility index (Phi) is 3.68. The number of anilines is 1. The van der Waals surface area contributed by atoms with E-state index in [9.17, 15) is 14.7 Å². The normalized spacial score (nSPS) is 10.8. The van der Waals surface area contributed by atoms with Crippen molar-refractivity contribution in [2.24, 2.45) is 0 Å². The number of hydrogen-bond acceptors (Lipinski definition) is 4. The fourth-order valence-corrected chi connectivity index (χ4v) is 3.23. The topological polar surface area (TPSA) is 71.3 Å². The van der Waals surface area contributed by atoms with Gasteiger partial charge in [-0.2, -0.15) is 0 Å². The molecule has 112 valence electrons. The van der Waals surface area contributed by atoms with E-state index in [0.29, 0.717) is 22.4 Å². The standard InChI is InChI=1S/C16H14N2O3S/c1-2-18-11-8-9-22-14(11)13(19)12(16(18)21)15(20)17-10-6-4-3-5-7-10/h3-9,19H,2H2,1H3,(H,17,20). The summed E-state index contributed by atoms with van der Waals surface area (Å²) in [5.41, 5.74) is 0.506. The summed E-state index contributed by atoms with van der Waals surface area (Å²) in [6.07, 6.45) is 0. The number of carbonyl (C=O) groups excluding carboxylic acids is 1. The third-order valence-corrected chi connectivity index (χ3v) is 4.33. The van der Waals surface area contributed by atoms with Crippen molar-refractivity contribution in [1.29, 1.82) is 0 Å². The lowest BCUT2D eigenvalue weighted by atomic mass is 10.2. The van der Waals surface area contributed by atoms with Crippen LogP contribution in [0.1, 0.15) is 17.3 Å². The fraction of sp³-hybridized carbons (Fsp3) is 0.125. The Morgan fingerprint density at radius 1 is 1.27 bits per heavy atom. The molecule has 0 fully saturated rings. The monoisotopic (exact) mass is 314 g/mol. The predicted octanol–water partition coefficient (Wildman–Crippen LogP) is 3.04. The highest BCUT2D eigenvalue weighted by molar-refractivity contribution is 7.17. The van der Waals surface area contributed by atoms with E-state index in [1.807, 2.05) is 13.0 Å². The number of fused-ring (bicyclic) bond motifs is 1. The van der Waals surface area contributed by atoms with Gasteiger partial charge in [-0.3, -0.25) is 9.59 Å². The lowest BCUT2D eigenvalue weighted by Gasteiger charge is -2.11. The van der Waals surface area contributed by atoms with Gasteiger partial charge in [-0.05, 0) is 30.5 Å². The quantitative estimate of drug-likeness (QED) is 0.780. The molecule has 0 spiro atoms. The average Bonchev–Trinajstić information content (AvgIpc) is 2.98. The smallest absolute Gasteiger partial charge is 0.267 e. The van der Waals surface area contributed by atoms with E-state index >= 15 is 0 Å². The molecule has 0 aliphatic heterocycles. The highest BCUT2D eigenvalue weighted by Gasteiger charge is 2.22. The van der Waals surface area contributed by atoms with E-state index in [1.54, 1.807) is 35.7 Å². The molecule has 2 aromatic heterocycles. The van der Waals surface area contributed by atoms with Crippen molar-refractivity contribution in [1.82, 2.24) is 4.57 Å². The molecule has 2 N–H and O–H groups in total. The van der Waals surface area contributed by atoms with Crippen LogP contribution in [0.15, 0.2) is 46.6 Å². The zero-order chi connectivity index (χ0) is 15.7. The van der Waals surface area contributed by atoms with Gasteiger partial charge in [0.25, 0.3) is 11.5 Å². The van der Waals surface area contributed by atoms with Crippen molar-refractivity contribution in [3.05, 3.63) is 57.7 Å². The number of hydrogen-bond donors (Lipinski definition) is 2. The SMILES string of the molecule is CCn1c(=O)c(C(=O)Nc2ccccc2)c(O)c2sccc21. The molecule has 0 unspecified atom stereocenters. The molecule has 22 heavy (non-hydrogen) atoms. The third-order valence-electron chi connectivity index (χ3n) is 3.42. The Hall–Kier alpha value is -2.60. The number of pyridine rings is 1. The summed E-state index contributed by atoms with van der Waals surface area (Å²) < 4.78 is 2.03. The molecule has 1 amide bonds. The zero-order valence-electron chi connectivity index (χ0n) is 11.9. The number of amides is 1. The average molecular weight is 314 g/mol. The summed E-state index contributed by atoms with van der Waals surface area (Å²) in [5, 5.41) is 14.8. The Labute approximate surface area is 130 Å². The predicted molar refractivity (Wildman–Crippen MR) is 87.8 cm³/mol. The lowest BCUT2D eigenvalue weighted by molar-refractivity contribution is 0.102. The molecular formula is C16H14N2O3S. The van der Waals surface area contributed by atoms with Gasteiger partial charge in [0, 0.05) is 12.2 Å². The van der Waals surface area contributed by atoms with Crippen LogP contribution in [0, 0.1) is 0 Å². The maximum Gasteiger partial charge on any atom is 0.267 e. The highest BCUT2D eigenvalue weighted by atomic mass is 32.1. The number of aromatic nitrogens is 1. The van der Waals surface area contributed by atoms with Crippen molar-refractivity contribution in [2.45, 2.75) is 13.5 Å². The van der Waals surface area contributed by atoms with Gasteiger partial charge >= 0.3 is 0 Å². The van der Waals surface area contributed by atoms with Gasteiger partial charge in [0.2, 0.25) is 0 Å². The molecule has 0 aliphatic rings. The van der Waals surface area contributed by atoms with Gasteiger partial charge in [0.05, 0.1) is 10.2 Å². The van der Waals surface area contributed by atoms with Crippen LogP contribution in [-0.2, 0) is 6.54 Å². The molecule has 0 saturated heterocycles. The van der Waals surface area contributed by atoms with Crippen LogP contribution in [-0.4, -0.2) is 15.6 Å². The molecule has 0 atom stereocenters. The van der Waals surface area contributed by atoms with E-state index in [-0.39, 0.29) is 11.3 Å². The molecule has 0 bridgehead atoms. The Morgan fingerprint density at radius 3 is 2.68 bits per heavy atom. The lowest BCUT2D eigenvalue weighted by Crippen LogP contribution is -2.29. The van der Waals surface area contributed by atoms with Gasteiger partial charge in [-0.25, -0.2) is 0 Å². The minimum absolute atomic E-state index is 0.222. The second-order valence-corrected chi connectivity index (χ2v) is 5.64. The minimum Gasteiger partial charge on any atom is -0.505 e. The Balaban J connectivity index is 2.14. The summed E-state index contributed by atoms with van der Waals surface area (Å²) >= 11 is 1.30. The van der Waals surface area contributed by atoms with E-state index in [0.717, 1.165) is 0 Å². The molecule has 2 heterocycles. The molecule has 0 saturated carbocycles. The minimum atomic E-state index is -0.605. The first-order valence-electron chi connectivity index (χ1n) is 6.82. The molecule has 1 aromatic carbocycles. The van der Waals surface area contributed by atoms with Crippen molar-refractivity contribution in [3.63, 3.8) is 0 Å². The van der Waals surface area contributed by atoms with E-state index in [2.05, 4.69) is 5.32 Å². The van der Waals surface area contributed by atoms with Crippen LogP contribution < -0.4 is 10.9 Å². The largest absolute Gasteiger partial charge is 0.505 e. The number of aryl methyl sites for hydroxylation is 1. The summed E-state index contributed by atoms with van der Waals surface area (Å²) in [4.78, 5) is 24.9. The van der Waals surface area contributed by atoms with Crippen molar-refractivity contribution in [3.8, 4) is 5.75 Å². The molecule has 6 heteroatoms. The molecule has 0 aliphatic carbocycles. The summed E-state index contributed by atoms with van der Waals surface area (Å²) in [6, 6.07) is 10.6. The van der Waals surface area contributed by atoms with Gasteiger partial charge in [-0.1, -0.05) is 18.2 Å². The van der Waals surface area contributed by atoms with Crippen LogP contribution in [0.2, 0.25) is 0 Å². The van der Waals surface area contributed by atoms with Gasteiger partial charge in [0.15, 0.2) is 5.75 Å². The first-order chi connectivity index (χ1) is 10.6. The molecule has 3 aromatic rings. The number of para-hydroxylation sites is 1. The second-order valence-electron chi connectivity index (χ2n) is 4.73. The van der Waals surface area contributed by atoms with Crippen LogP contribution in [0.5, 0.6) is 5.75 Å². The first kappa shape index (κ1) is 14.3. The zero-order valence-corrected chi connectivity index (χ0v) is 12.7. The number of benzene rings is 1. The van der Waals surface area contributed by atoms with E-state index in [1.165, 1.54) is 15.9 Å². The molecule has 0 radical (unpaired) electrons. The number of rotatable bonds is 3. The van der Waals surface area contributed by atoms with Crippen molar-refractivity contribution in [2.75, 3.05) is 5.32 Å². The van der Waals surface area contributed by atoms with Gasteiger partial charge < -0.3 is 15.0 Å². The van der Waals surface area contributed by atoms with Crippen molar-refractivity contribution >= 4 is 33.1 Å². The first-order valence-corrected chi connectivity index (χ1v) is 7.70. The molecule has 3 rings (SSSR count). The Morgan fingerprint density at radius 2 is 2.00 bits per heavy atom. The van der Waals surface area contributed by atoms with Crippen molar-refractivity contribution < 1.29 is 9.90 Å².